The number of nitrogen functional groups attached to an aromatic ring is 1. The highest BCUT2D eigenvalue weighted by atomic mass is 32.2. The maximum absolute atomic E-state index is 12.8. The average molecular weight is 362 g/mol. The minimum absolute atomic E-state index is 0.183. The summed E-state index contributed by atoms with van der Waals surface area (Å²) in [5.74, 6) is 1.25. The van der Waals surface area contributed by atoms with E-state index in [2.05, 4.69) is 4.72 Å². The van der Waals surface area contributed by atoms with Crippen LogP contribution in [0, 0.1) is 0 Å². The van der Waals surface area contributed by atoms with E-state index in [0.29, 0.717) is 23.6 Å². The highest BCUT2D eigenvalue weighted by Crippen LogP contribution is 2.41. The van der Waals surface area contributed by atoms with Gasteiger partial charge in [-0.1, -0.05) is 0 Å². The number of sulfonamides is 1. The van der Waals surface area contributed by atoms with Gasteiger partial charge in [0.25, 0.3) is 0 Å². The van der Waals surface area contributed by atoms with Crippen LogP contribution in [-0.4, -0.2) is 21.1 Å². The summed E-state index contributed by atoms with van der Waals surface area (Å²) in [6, 6.07) is 11.1. The SMILES string of the molecule is COc1ccc(S(=O)(=O)NC2CC(C)(C)Oc3ccc(N)cc32)cc1. The Bertz CT molecular complexity index is 876. The third-order valence-electron chi connectivity index (χ3n) is 4.16. The number of fused-ring (bicyclic) bond motifs is 1. The molecule has 25 heavy (non-hydrogen) atoms. The van der Waals surface area contributed by atoms with Crippen LogP contribution in [-0.2, 0) is 10.0 Å². The molecule has 2 aromatic carbocycles. The first-order chi connectivity index (χ1) is 11.7. The van der Waals surface area contributed by atoms with Crippen LogP contribution in [0.3, 0.4) is 0 Å². The maximum Gasteiger partial charge on any atom is 0.241 e. The van der Waals surface area contributed by atoms with Crippen molar-refractivity contribution < 1.29 is 17.9 Å². The molecule has 0 saturated heterocycles. The fourth-order valence-electron chi connectivity index (χ4n) is 2.99. The number of nitrogens with one attached hydrogen (secondary N) is 1. The lowest BCUT2D eigenvalue weighted by Gasteiger charge is -2.37. The fourth-order valence-corrected chi connectivity index (χ4v) is 4.20. The van der Waals surface area contributed by atoms with Crippen molar-refractivity contribution >= 4 is 15.7 Å². The molecule has 0 saturated carbocycles. The van der Waals surface area contributed by atoms with Crippen molar-refractivity contribution in [2.75, 3.05) is 12.8 Å². The van der Waals surface area contributed by atoms with Gasteiger partial charge < -0.3 is 15.2 Å². The molecule has 3 rings (SSSR count). The van der Waals surface area contributed by atoms with Crippen molar-refractivity contribution in [2.45, 2.75) is 36.8 Å². The lowest BCUT2D eigenvalue weighted by Crippen LogP contribution is -2.41. The summed E-state index contributed by atoms with van der Waals surface area (Å²) >= 11 is 0. The van der Waals surface area contributed by atoms with Crippen LogP contribution in [0.5, 0.6) is 11.5 Å². The van der Waals surface area contributed by atoms with Gasteiger partial charge in [0.1, 0.15) is 17.1 Å². The van der Waals surface area contributed by atoms with Crippen LogP contribution in [0.1, 0.15) is 31.9 Å². The number of methoxy groups -OCH3 is 1. The zero-order valence-electron chi connectivity index (χ0n) is 14.4. The quantitative estimate of drug-likeness (QED) is 0.816. The molecule has 6 nitrogen and oxygen atoms in total. The van der Waals surface area contributed by atoms with Crippen molar-refractivity contribution in [1.82, 2.24) is 4.72 Å². The van der Waals surface area contributed by atoms with E-state index in [1.807, 2.05) is 13.8 Å². The molecule has 0 fully saturated rings. The second-order valence-electron chi connectivity index (χ2n) is 6.71. The van der Waals surface area contributed by atoms with Crippen LogP contribution in [0.15, 0.2) is 47.4 Å². The topological polar surface area (TPSA) is 90.7 Å². The summed E-state index contributed by atoms with van der Waals surface area (Å²) in [5, 5.41) is 0. The summed E-state index contributed by atoms with van der Waals surface area (Å²) in [7, 11) is -2.16. The molecule has 1 aliphatic rings. The van der Waals surface area contributed by atoms with Crippen molar-refractivity contribution in [2.24, 2.45) is 0 Å². The van der Waals surface area contributed by atoms with Gasteiger partial charge in [-0.15, -0.1) is 0 Å². The molecule has 0 bridgehead atoms. The van der Waals surface area contributed by atoms with E-state index in [1.165, 1.54) is 19.2 Å². The number of benzene rings is 2. The van der Waals surface area contributed by atoms with Crippen LogP contribution in [0.2, 0.25) is 0 Å². The smallest absolute Gasteiger partial charge is 0.241 e. The monoisotopic (exact) mass is 362 g/mol. The predicted molar refractivity (Wildman–Crippen MR) is 96.2 cm³/mol. The van der Waals surface area contributed by atoms with E-state index in [4.69, 9.17) is 15.2 Å². The zero-order valence-corrected chi connectivity index (χ0v) is 15.3. The number of anilines is 1. The molecule has 0 radical (unpaired) electrons. The third kappa shape index (κ3) is 3.72. The Morgan fingerprint density at radius 3 is 2.52 bits per heavy atom. The Hall–Kier alpha value is -2.25. The normalized spacial score (nSPS) is 18.9. The zero-order chi connectivity index (χ0) is 18.2. The Balaban J connectivity index is 1.94. The molecular formula is C18H22N2O4S. The molecule has 3 N–H and O–H groups in total. The molecule has 0 aromatic heterocycles. The Kier molecular flexibility index (Phi) is 4.38. The predicted octanol–water partition coefficient (Wildman–Crippen LogP) is 2.86. The van der Waals surface area contributed by atoms with E-state index in [-0.39, 0.29) is 4.90 Å². The molecule has 134 valence electrons. The van der Waals surface area contributed by atoms with Gasteiger partial charge in [0, 0.05) is 17.7 Å². The fraction of sp³-hybridized carbons (Fsp3) is 0.333. The number of nitrogens with two attached hydrogens (primary N) is 1. The minimum Gasteiger partial charge on any atom is -0.497 e. The summed E-state index contributed by atoms with van der Waals surface area (Å²) in [6.07, 6.45) is 0.499. The molecule has 1 atom stereocenters. The van der Waals surface area contributed by atoms with Crippen LogP contribution >= 0.6 is 0 Å². The third-order valence-corrected chi connectivity index (χ3v) is 5.65. The molecule has 1 unspecified atom stereocenters. The first-order valence-electron chi connectivity index (χ1n) is 7.95. The van der Waals surface area contributed by atoms with Gasteiger partial charge in [-0.25, -0.2) is 13.1 Å². The molecule has 7 heteroatoms. The number of hydrogen-bond donors (Lipinski definition) is 2. The van der Waals surface area contributed by atoms with Gasteiger partial charge in [-0.2, -0.15) is 0 Å². The summed E-state index contributed by atoms with van der Waals surface area (Å²) < 4.78 is 39.4. The van der Waals surface area contributed by atoms with Crippen molar-refractivity contribution in [3.05, 3.63) is 48.0 Å². The molecular weight excluding hydrogens is 340 g/mol. The Morgan fingerprint density at radius 1 is 1.20 bits per heavy atom. The van der Waals surface area contributed by atoms with Crippen molar-refractivity contribution in [1.29, 1.82) is 0 Å². The minimum atomic E-state index is -3.69. The molecule has 0 aliphatic carbocycles. The molecule has 1 aliphatic heterocycles. The van der Waals surface area contributed by atoms with Gasteiger partial charge in [-0.3, -0.25) is 0 Å². The van der Waals surface area contributed by atoms with Crippen molar-refractivity contribution in [3.63, 3.8) is 0 Å². The molecule has 1 heterocycles. The average Bonchev–Trinajstić information content (AvgIpc) is 2.54. The summed E-state index contributed by atoms with van der Waals surface area (Å²) in [4.78, 5) is 0.183. The Morgan fingerprint density at radius 2 is 1.88 bits per heavy atom. The second-order valence-corrected chi connectivity index (χ2v) is 8.43. The second kappa shape index (κ2) is 6.24. The highest BCUT2D eigenvalue weighted by Gasteiger charge is 2.36. The maximum atomic E-state index is 12.8. The first kappa shape index (κ1) is 17.6. The van der Waals surface area contributed by atoms with E-state index in [9.17, 15) is 8.42 Å². The van der Waals surface area contributed by atoms with Gasteiger partial charge in [0.15, 0.2) is 0 Å². The van der Waals surface area contributed by atoms with Gasteiger partial charge >= 0.3 is 0 Å². The van der Waals surface area contributed by atoms with E-state index in [0.717, 1.165) is 5.56 Å². The van der Waals surface area contributed by atoms with Gasteiger partial charge in [-0.05, 0) is 56.3 Å². The molecule has 0 spiro atoms. The standard InChI is InChI=1S/C18H22N2O4S/c1-18(2)11-16(15-10-12(19)4-9-17(15)24-18)20-25(21,22)14-7-5-13(23-3)6-8-14/h4-10,16,20H,11,19H2,1-3H3. The molecule has 2 aromatic rings. The van der Waals surface area contributed by atoms with Crippen LogP contribution < -0.4 is 19.9 Å². The Labute approximate surface area is 148 Å². The van der Waals surface area contributed by atoms with Gasteiger partial charge in [0.2, 0.25) is 10.0 Å². The number of hydrogen-bond acceptors (Lipinski definition) is 5. The lowest BCUT2D eigenvalue weighted by atomic mass is 9.90. The van der Waals surface area contributed by atoms with Crippen LogP contribution in [0.25, 0.3) is 0 Å². The summed E-state index contributed by atoms with van der Waals surface area (Å²) in [5.41, 5.74) is 6.69. The van der Waals surface area contributed by atoms with Crippen LogP contribution in [0.4, 0.5) is 5.69 Å². The van der Waals surface area contributed by atoms with Crippen molar-refractivity contribution in [3.8, 4) is 11.5 Å². The molecule has 0 amide bonds. The number of rotatable bonds is 4. The largest absolute Gasteiger partial charge is 0.497 e. The highest BCUT2D eigenvalue weighted by molar-refractivity contribution is 7.89. The lowest BCUT2D eigenvalue weighted by molar-refractivity contribution is 0.0702. The number of ether oxygens (including phenoxy) is 2. The van der Waals surface area contributed by atoms with E-state index in [1.54, 1.807) is 30.3 Å². The van der Waals surface area contributed by atoms with E-state index < -0.39 is 21.7 Å². The van der Waals surface area contributed by atoms with E-state index >= 15 is 0 Å². The first-order valence-corrected chi connectivity index (χ1v) is 9.43. The summed E-state index contributed by atoms with van der Waals surface area (Å²) in [6.45, 7) is 3.86. The van der Waals surface area contributed by atoms with Gasteiger partial charge in [0.05, 0.1) is 18.0 Å².